The summed E-state index contributed by atoms with van der Waals surface area (Å²) >= 11 is 0. The second-order valence-corrected chi connectivity index (χ2v) is 4.71. The normalized spacial score (nSPS) is 15.7. The Kier molecular flexibility index (Phi) is 3.41. The molecule has 0 saturated carbocycles. The molecule has 3 heterocycles. The quantitative estimate of drug-likeness (QED) is 0.878. The Morgan fingerprint density at radius 3 is 3.00 bits per heavy atom. The number of aryl methyl sites for hydroxylation is 1. The lowest BCUT2D eigenvalue weighted by molar-refractivity contribution is 0.399. The second kappa shape index (κ2) is 5.36. The molecule has 2 aromatic heterocycles. The van der Waals surface area contributed by atoms with Gasteiger partial charge in [-0.1, -0.05) is 5.16 Å². The number of pyridine rings is 1. The highest BCUT2D eigenvalue weighted by molar-refractivity contribution is 5.27. The number of rotatable bonds is 3. The average molecular weight is 259 g/mol. The smallest absolute Gasteiger partial charge is 0.322 e. The first-order chi connectivity index (χ1) is 9.31. The van der Waals surface area contributed by atoms with Gasteiger partial charge in [-0.25, -0.2) is 0 Å². The third-order valence-electron chi connectivity index (χ3n) is 3.17. The highest BCUT2D eigenvalue weighted by Gasteiger charge is 2.16. The SMILES string of the molecule is Cc1cc(Cc2noc(N3CCNCC3)n2)ccn1. The number of piperazine rings is 1. The van der Waals surface area contributed by atoms with E-state index in [-0.39, 0.29) is 0 Å². The van der Waals surface area contributed by atoms with Crippen molar-refractivity contribution < 1.29 is 4.52 Å². The minimum atomic E-state index is 0.627. The van der Waals surface area contributed by atoms with Crippen molar-refractivity contribution in [2.45, 2.75) is 13.3 Å². The molecule has 6 heteroatoms. The number of aromatic nitrogens is 3. The van der Waals surface area contributed by atoms with Gasteiger partial charge in [0.25, 0.3) is 0 Å². The number of nitrogens with zero attached hydrogens (tertiary/aromatic N) is 4. The predicted octanol–water partition coefficient (Wildman–Crippen LogP) is 0.773. The van der Waals surface area contributed by atoms with Crippen LogP contribution in [0.25, 0.3) is 0 Å². The average Bonchev–Trinajstić information content (AvgIpc) is 2.88. The van der Waals surface area contributed by atoms with E-state index in [1.807, 2.05) is 25.3 Å². The molecule has 0 aliphatic carbocycles. The Hall–Kier alpha value is -1.95. The standard InChI is InChI=1S/C13H17N5O/c1-10-8-11(2-3-15-10)9-12-16-13(19-17-12)18-6-4-14-5-7-18/h2-3,8,14H,4-7,9H2,1H3. The van der Waals surface area contributed by atoms with Crippen LogP contribution in [-0.4, -0.2) is 41.3 Å². The summed E-state index contributed by atoms with van der Waals surface area (Å²) in [6.45, 7) is 5.72. The zero-order valence-electron chi connectivity index (χ0n) is 11.0. The summed E-state index contributed by atoms with van der Waals surface area (Å²) in [5.74, 6) is 0.721. The lowest BCUT2D eigenvalue weighted by Crippen LogP contribution is -2.43. The molecular formula is C13H17N5O. The van der Waals surface area contributed by atoms with Crippen molar-refractivity contribution in [2.75, 3.05) is 31.1 Å². The van der Waals surface area contributed by atoms with Gasteiger partial charge < -0.3 is 14.7 Å². The third-order valence-corrected chi connectivity index (χ3v) is 3.17. The fraction of sp³-hybridized carbons (Fsp3) is 0.462. The molecule has 0 amide bonds. The van der Waals surface area contributed by atoms with Crippen LogP contribution >= 0.6 is 0 Å². The van der Waals surface area contributed by atoms with Crippen molar-refractivity contribution in [2.24, 2.45) is 0 Å². The lowest BCUT2D eigenvalue weighted by Gasteiger charge is -2.24. The van der Waals surface area contributed by atoms with E-state index >= 15 is 0 Å². The predicted molar refractivity (Wildman–Crippen MR) is 71.2 cm³/mol. The number of anilines is 1. The molecule has 1 aliphatic heterocycles. The highest BCUT2D eigenvalue weighted by atomic mass is 16.5. The molecule has 0 radical (unpaired) electrons. The van der Waals surface area contributed by atoms with Crippen LogP contribution in [-0.2, 0) is 6.42 Å². The van der Waals surface area contributed by atoms with Crippen LogP contribution in [0.4, 0.5) is 6.01 Å². The first kappa shape index (κ1) is 12.1. The minimum Gasteiger partial charge on any atom is -0.322 e. The highest BCUT2D eigenvalue weighted by Crippen LogP contribution is 2.14. The fourth-order valence-electron chi connectivity index (χ4n) is 2.20. The third kappa shape index (κ3) is 2.90. The molecule has 1 aliphatic rings. The molecule has 1 fully saturated rings. The molecule has 0 atom stereocenters. The maximum Gasteiger partial charge on any atom is 0.324 e. The lowest BCUT2D eigenvalue weighted by atomic mass is 10.1. The van der Waals surface area contributed by atoms with E-state index < -0.39 is 0 Å². The van der Waals surface area contributed by atoms with Crippen LogP contribution in [0.1, 0.15) is 17.1 Å². The van der Waals surface area contributed by atoms with Crippen LogP contribution in [0.2, 0.25) is 0 Å². The largest absolute Gasteiger partial charge is 0.324 e. The molecule has 0 aromatic carbocycles. The zero-order valence-corrected chi connectivity index (χ0v) is 11.0. The zero-order chi connectivity index (χ0) is 13.1. The molecule has 0 spiro atoms. The summed E-state index contributed by atoms with van der Waals surface area (Å²) in [6.07, 6.45) is 2.49. The summed E-state index contributed by atoms with van der Waals surface area (Å²) in [4.78, 5) is 10.8. The summed E-state index contributed by atoms with van der Waals surface area (Å²) < 4.78 is 5.33. The van der Waals surface area contributed by atoms with E-state index in [9.17, 15) is 0 Å². The van der Waals surface area contributed by atoms with Gasteiger partial charge in [0.15, 0.2) is 5.82 Å². The van der Waals surface area contributed by atoms with Gasteiger partial charge in [0.2, 0.25) is 0 Å². The van der Waals surface area contributed by atoms with Crippen molar-refractivity contribution in [1.82, 2.24) is 20.4 Å². The molecule has 0 bridgehead atoms. The van der Waals surface area contributed by atoms with Gasteiger partial charge >= 0.3 is 6.01 Å². The Labute approximate surface area is 111 Å². The van der Waals surface area contributed by atoms with Crippen molar-refractivity contribution in [3.63, 3.8) is 0 Å². The molecule has 2 aromatic rings. The van der Waals surface area contributed by atoms with Gasteiger partial charge in [0.1, 0.15) is 0 Å². The topological polar surface area (TPSA) is 67.1 Å². The maximum atomic E-state index is 5.33. The van der Waals surface area contributed by atoms with Crippen LogP contribution in [0, 0.1) is 6.92 Å². The van der Waals surface area contributed by atoms with Crippen LogP contribution in [0.5, 0.6) is 0 Å². The van der Waals surface area contributed by atoms with E-state index in [2.05, 4.69) is 25.3 Å². The molecule has 0 unspecified atom stereocenters. The summed E-state index contributed by atoms with van der Waals surface area (Å²) in [5, 5.41) is 7.35. The van der Waals surface area contributed by atoms with Gasteiger partial charge in [-0.3, -0.25) is 4.98 Å². The monoisotopic (exact) mass is 259 g/mol. The molecule has 19 heavy (non-hydrogen) atoms. The van der Waals surface area contributed by atoms with E-state index in [0.29, 0.717) is 12.4 Å². The summed E-state index contributed by atoms with van der Waals surface area (Å²) in [5.41, 5.74) is 2.16. The van der Waals surface area contributed by atoms with Crippen LogP contribution in [0.3, 0.4) is 0 Å². The van der Waals surface area contributed by atoms with Crippen LogP contribution < -0.4 is 10.2 Å². The molecule has 3 rings (SSSR count). The van der Waals surface area contributed by atoms with Crippen LogP contribution in [0.15, 0.2) is 22.9 Å². The second-order valence-electron chi connectivity index (χ2n) is 4.71. The fourth-order valence-corrected chi connectivity index (χ4v) is 2.20. The summed E-state index contributed by atoms with van der Waals surface area (Å²) in [6, 6.07) is 4.65. The molecule has 1 saturated heterocycles. The minimum absolute atomic E-state index is 0.627. The maximum absolute atomic E-state index is 5.33. The molecule has 1 N–H and O–H groups in total. The first-order valence-electron chi connectivity index (χ1n) is 6.51. The molecular weight excluding hydrogens is 242 g/mol. The van der Waals surface area contributed by atoms with E-state index in [1.165, 1.54) is 0 Å². The summed E-state index contributed by atoms with van der Waals surface area (Å²) in [7, 11) is 0. The van der Waals surface area contributed by atoms with Gasteiger partial charge in [-0.15, -0.1) is 0 Å². The van der Waals surface area contributed by atoms with Crippen molar-refractivity contribution in [3.05, 3.63) is 35.4 Å². The number of hydrogen-bond donors (Lipinski definition) is 1. The molecule has 100 valence electrons. The van der Waals surface area contributed by atoms with Crippen molar-refractivity contribution in [1.29, 1.82) is 0 Å². The van der Waals surface area contributed by atoms with Gasteiger partial charge in [-0.05, 0) is 24.6 Å². The Bertz CT molecular complexity index is 547. The Balaban J connectivity index is 1.70. The van der Waals surface area contributed by atoms with Gasteiger partial charge in [0.05, 0.1) is 0 Å². The van der Waals surface area contributed by atoms with Crippen molar-refractivity contribution >= 4 is 6.01 Å². The Morgan fingerprint density at radius 1 is 1.37 bits per heavy atom. The van der Waals surface area contributed by atoms with E-state index in [0.717, 1.165) is 43.3 Å². The van der Waals surface area contributed by atoms with Crippen molar-refractivity contribution in [3.8, 4) is 0 Å². The van der Waals surface area contributed by atoms with Gasteiger partial charge in [0, 0.05) is 44.5 Å². The Morgan fingerprint density at radius 2 is 2.21 bits per heavy atom. The van der Waals surface area contributed by atoms with Gasteiger partial charge in [-0.2, -0.15) is 4.98 Å². The van der Waals surface area contributed by atoms with E-state index in [4.69, 9.17) is 4.52 Å². The molecule has 6 nitrogen and oxygen atoms in total. The van der Waals surface area contributed by atoms with E-state index in [1.54, 1.807) is 0 Å². The number of hydrogen-bond acceptors (Lipinski definition) is 6. The first-order valence-corrected chi connectivity index (χ1v) is 6.51. The number of nitrogens with one attached hydrogen (secondary N) is 1.